The van der Waals surface area contributed by atoms with Crippen molar-refractivity contribution in [3.05, 3.63) is 98.5 Å². The van der Waals surface area contributed by atoms with Crippen LogP contribution in [0.25, 0.3) is 6.08 Å². The monoisotopic (exact) mass is 536 g/mol. The van der Waals surface area contributed by atoms with Gasteiger partial charge in [0.25, 0.3) is 0 Å². The van der Waals surface area contributed by atoms with E-state index in [1.54, 1.807) is 24.3 Å². The molecule has 1 spiro atoms. The van der Waals surface area contributed by atoms with E-state index in [4.69, 9.17) is 34.8 Å². The number of hydrogen-bond acceptors (Lipinski definition) is 4. The average Bonchev–Trinajstić information content (AvgIpc) is 3.31. The predicted octanol–water partition coefficient (Wildman–Crippen LogP) is 6.21. The molecule has 4 unspecified atom stereocenters. The molecule has 0 radical (unpaired) electrons. The molecule has 0 aromatic heterocycles. The molecule has 0 saturated carbocycles. The largest absolute Gasteiger partial charge is 0.352 e. The van der Waals surface area contributed by atoms with E-state index in [0.29, 0.717) is 21.3 Å². The van der Waals surface area contributed by atoms with Crippen molar-refractivity contribution in [2.75, 3.05) is 10.2 Å². The van der Waals surface area contributed by atoms with Crippen molar-refractivity contribution >= 4 is 69.7 Å². The Balaban J connectivity index is 1.66. The number of para-hydroxylation sites is 1. The number of hydrogen-bond donors (Lipinski definition) is 1. The van der Waals surface area contributed by atoms with Crippen LogP contribution in [0.2, 0.25) is 15.1 Å². The Kier molecular flexibility index (Phi) is 5.31. The quantitative estimate of drug-likeness (QED) is 0.404. The van der Waals surface area contributed by atoms with E-state index in [1.165, 1.54) is 13.0 Å². The standard InChI is InChI=1S/C28H19Cl3N2O3/c1-14(34)25-24(26(35)18-9-7-17(30)13-20(18)31)28(19-4-2-3-5-21(19)32-27(28)36)23-11-6-15-12-16(29)8-10-22(15)33(23)25/h2-13,23-25H,1H3,(H,32,36). The normalized spacial score (nSPS) is 25.4. The Morgan fingerprint density at radius 2 is 1.69 bits per heavy atom. The lowest BCUT2D eigenvalue weighted by atomic mass is 9.64. The number of carbonyl (C=O) groups excluding carboxylic acids is 3. The summed E-state index contributed by atoms with van der Waals surface area (Å²) < 4.78 is 0. The summed E-state index contributed by atoms with van der Waals surface area (Å²) >= 11 is 18.8. The maximum Gasteiger partial charge on any atom is 0.238 e. The number of rotatable bonds is 3. The summed E-state index contributed by atoms with van der Waals surface area (Å²) in [6, 6.07) is 15.8. The first-order valence-corrected chi connectivity index (χ1v) is 12.6. The summed E-state index contributed by atoms with van der Waals surface area (Å²) in [7, 11) is 0. The fraction of sp³-hybridized carbons (Fsp3) is 0.179. The van der Waals surface area contributed by atoms with Gasteiger partial charge < -0.3 is 10.2 Å². The number of anilines is 2. The summed E-state index contributed by atoms with van der Waals surface area (Å²) in [6.45, 7) is 1.46. The fourth-order valence-electron chi connectivity index (χ4n) is 6.16. The zero-order chi connectivity index (χ0) is 25.4. The van der Waals surface area contributed by atoms with Gasteiger partial charge in [-0.05, 0) is 60.5 Å². The fourth-order valence-corrected chi connectivity index (χ4v) is 6.84. The molecular formula is C28H19Cl3N2O3. The summed E-state index contributed by atoms with van der Waals surface area (Å²) in [4.78, 5) is 43.7. The lowest BCUT2D eigenvalue weighted by molar-refractivity contribution is -0.122. The number of nitrogens with one attached hydrogen (secondary N) is 1. The molecule has 3 heterocycles. The molecule has 3 aromatic rings. The Labute approximate surface area is 222 Å². The molecule has 6 rings (SSSR count). The van der Waals surface area contributed by atoms with Gasteiger partial charge in [-0.3, -0.25) is 14.4 Å². The van der Waals surface area contributed by atoms with E-state index in [9.17, 15) is 14.4 Å². The van der Waals surface area contributed by atoms with Crippen LogP contribution in [-0.4, -0.2) is 29.6 Å². The van der Waals surface area contributed by atoms with Gasteiger partial charge in [-0.25, -0.2) is 0 Å². The maximum absolute atomic E-state index is 14.4. The molecular weight excluding hydrogens is 519 g/mol. The zero-order valence-corrected chi connectivity index (χ0v) is 21.2. The SMILES string of the molecule is CC(=O)C1C(C(=O)c2ccc(Cl)cc2Cl)C2(C(=O)Nc3ccccc32)C2C=Cc3cc(Cl)ccc3N12. The van der Waals surface area contributed by atoms with Crippen molar-refractivity contribution in [3.8, 4) is 0 Å². The molecule has 8 heteroatoms. The van der Waals surface area contributed by atoms with Crippen LogP contribution in [0, 0.1) is 5.92 Å². The Morgan fingerprint density at radius 1 is 0.972 bits per heavy atom. The Hall–Kier alpha value is -3.12. The van der Waals surface area contributed by atoms with Gasteiger partial charge in [-0.1, -0.05) is 65.2 Å². The van der Waals surface area contributed by atoms with Crippen molar-refractivity contribution in [2.24, 2.45) is 5.92 Å². The third-order valence-electron chi connectivity index (χ3n) is 7.49. The second kappa shape index (κ2) is 8.20. The Bertz CT molecular complexity index is 1520. The van der Waals surface area contributed by atoms with Crippen LogP contribution >= 0.6 is 34.8 Å². The summed E-state index contributed by atoms with van der Waals surface area (Å²) in [5, 5.41) is 4.08. The number of benzene rings is 3. The van der Waals surface area contributed by atoms with E-state index in [2.05, 4.69) is 5.32 Å². The molecule has 1 N–H and O–H groups in total. The number of Topliss-reactive ketones (excluding diaryl/α,β-unsaturated/α-hetero) is 2. The highest BCUT2D eigenvalue weighted by molar-refractivity contribution is 6.37. The van der Waals surface area contributed by atoms with Crippen LogP contribution in [0.3, 0.4) is 0 Å². The third-order valence-corrected chi connectivity index (χ3v) is 8.27. The van der Waals surface area contributed by atoms with Crippen molar-refractivity contribution in [3.63, 3.8) is 0 Å². The third kappa shape index (κ3) is 3.06. The van der Waals surface area contributed by atoms with Crippen molar-refractivity contribution in [1.29, 1.82) is 0 Å². The topological polar surface area (TPSA) is 66.5 Å². The van der Waals surface area contributed by atoms with E-state index < -0.39 is 23.4 Å². The van der Waals surface area contributed by atoms with Gasteiger partial charge in [0.15, 0.2) is 11.6 Å². The number of carbonyl (C=O) groups is 3. The van der Waals surface area contributed by atoms with Gasteiger partial charge in [-0.15, -0.1) is 0 Å². The smallest absolute Gasteiger partial charge is 0.238 e. The maximum atomic E-state index is 14.4. The van der Waals surface area contributed by atoms with Gasteiger partial charge in [0.1, 0.15) is 5.41 Å². The minimum atomic E-state index is -1.36. The number of amides is 1. The van der Waals surface area contributed by atoms with Gasteiger partial charge >= 0.3 is 0 Å². The van der Waals surface area contributed by atoms with Crippen molar-refractivity contribution in [1.82, 2.24) is 0 Å². The minimum absolute atomic E-state index is 0.171. The number of nitrogens with zero attached hydrogens (tertiary/aromatic N) is 1. The molecule has 0 bridgehead atoms. The van der Waals surface area contributed by atoms with E-state index in [1.807, 2.05) is 47.4 Å². The zero-order valence-electron chi connectivity index (χ0n) is 19.0. The first kappa shape index (κ1) is 23.3. The van der Waals surface area contributed by atoms with Crippen LogP contribution in [0.4, 0.5) is 11.4 Å². The molecule has 5 nitrogen and oxygen atoms in total. The molecule has 1 amide bonds. The van der Waals surface area contributed by atoms with Crippen LogP contribution < -0.4 is 10.2 Å². The highest BCUT2D eigenvalue weighted by Crippen LogP contribution is 2.58. The molecule has 4 atom stereocenters. The lowest BCUT2D eigenvalue weighted by Gasteiger charge is -2.37. The molecule has 1 saturated heterocycles. The summed E-state index contributed by atoms with van der Waals surface area (Å²) in [6.07, 6.45) is 3.80. The van der Waals surface area contributed by atoms with Crippen molar-refractivity contribution < 1.29 is 14.4 Å². The molecule has 1 fully saturated rings. The first-order valence-electron chi connectivity index (χ1n) is 11.4. The summed E-state index contributed by atoms with van der Waals surface area (Å²) in [5.41, 5.74) is 1.71. The van der Waals surface area contributed by atoms with Gasteiger partial charge in [0.05, 0.1) is 23.0 Å². The van der Waals surface area contributed by atoms with Gasteiger partial charge in [-0.2, -0.15) is 0 Å². The second-order valence-corrected chi connectivity index (χ2v) is 10.6. The predicted molar refractivity (Wildman–Crippen MR) is 142 cm³/mol. The van der Waals surface area contributed by atoms with Crippen LogP contribution in [-0.2, 0) is 15.0 Å². The van der Waals surface area contributed by atoms with E-state index in [-0.39, 0.29) is 28.1 Å². The number of halogens is 3. The average molecular weight is 538 g/mol. The molecule has 36 heavy (non-hydrogen) atoms. The molecule has 3 aliphatic heterocycles. The van der Waals surface area contributed by atoms with Crippen LogP contribution in [0.1, 0.15) is 28.4 Å². The minimum Gasteiger partial charge on any atom is -0.352 e. The molecule has 180 valence electrons. The van der Waals surface area contributed by atoms with E-state index >= 15 is 0 Å². The lowest BCUT2D eigenvalue weighted by Crippen LogP contribution is -2.51. The Morgan fingerprint density at radius 3 is 2.44 bits per heavy atom. The van der Waals surface area contributed by atoms with Crippen LogP contribution in [0.5, 0.6) is 0 Å². The van der Waals surface area contributed by atoms with Gasteiger partial charge in [0.2, 0.25) is 5.91 Å². The van der Waals surface area contributed by atoms with E-state index in [0.717, 1.165) is 11.3 Å². The highest BCUT2D eigenvalue weighted by Gasteiger charge is 2.69. The summed E-state index contributed by atoms with van der Waals surface area (Å²) in [5.74, 6) is -1.99. The van der Waals surface area contributed by atoms with Crippen LogP contribution in [0.15, 0.2) is 66.7 Å². The molecule has 0 aliphatic carbocycles. The molecule has 3 aliphatic rings. The number of ketones is 2. The highest BCUT2D eigenvalue weighted by atomic mass is 35.5. The van der Waals surface area contributed by atoms with Crippen molar-refractivity contribution in [2.45, 2.75) is 24.4 Å². The van der Waals surface area contributed by atoms with Gasteiger partial charge in [0, 0.05) is 27.0 Å². The number of fused-ring (bicyclic) bond motifs is 6. The first-order chi connectivity index (χ1) is 17.2. The molecule has 3 aromatic carbocycles. The second-order valence-electron chi connectivity index (χ2n) is 9.30.